The van der Waals surface area contributed by atoms with Gasteiger partial charge in [0.05, 0.1) is 23.3 Å². The highest BCUT2D eigenvalue weighted by Gasteiger charge is 2.37. The monoisotopic (exact) mass is 420 g/mol. The summed E-state index contributed by atoms with van der Waals surface area (Å²) < 4.78 is 77.6. The molecule has 150 valence electrons. The van der Waals surface area contributed by atoms with Gasteiger partial charge in [0.25, 0.3) is 0 Å². The zero-order chi connectivity index (χ0) is 20.7. The number of anilines is 1. The summed E-state index contributed by atoms with van der Waals surface area (Å²) in [7, 11) is 0. The van der Waals surface area contributed by atoms with Gasteiger partial charge in [-0.3, -0.25) is 0 Å². The van der Waals surface area contributed by atoms with Crippen molar-refractivity contribution in [2.24, 2.45) is 0 Å². The van der Waals surface area contributed by atoms with E-state index >= 15 is 0 Å². The third-order valence-electron chi connectivity index (χ3n) is 4.34. The van der Waals surface area contributed by atoms with Crippen molar-refractivity contribution in [1.29, 1.82) is 0 Å². The predicted octanol–water partition coefficient (Wildman–Crippen LogP) is 4.67. The first-order valence-corrected chi connectivity index (χ1v) is 8.49. The number of halogens is 6. The van der Waals surface area contributed by atoms with Crippen molar-refractivity contribution >= 4 is 23.0 Å². The number of aliphatic hydroxyl groups excluding tert-OH is 1. The maximum Gasteiger partial charge on any atom is 0.416 e. The van der Waals surface area contributed by atoms with Gasteiger partial charge in [-0.1, -0.05) is 24.3 Å². The van der Waals surface area contributed by atoms with Crippen molar-refractivity contribution in [3.05, 3.63) is 64.7 Å². The second-order valence-electron chi connectivity index (χ2n) is 6.34. The van der Waals surface area contributed by atoms with Crippen molar-refractivity contribution in [2.45, 2.75) is 30.9 Å². The summed E-state index contributed by atoms with van der Waals surface area (Å²) >= 11 is 5.03. The largest absolute Gasteiger partial charge is 0.416 e. The van der Waals surface area contributed by atoms with E-state index in [-0.39, 0.29) is 11.2 Å². The van der Waals surface area contributed by atoms with Crippen LogP contribution in [0.1, 0.15) is 28.3 Å². The Morgan fingerprint density at radius 1 is 0.964 bits per heavy atom. The predicted molar refractivity (Wildman–Crippen MR) is 94.7 cm³/mol. The Morgan fingerprint density at radius 3 is 2.11 bits per heavy atom. The first-order valence-electron chi connectivity index (χ1n) is 8.08. The van der Waals surface area contributed by atoms with Crippen LogP contribution in [0.2, 0.25) is 0 Å². The molecule has 0 aromatic heterocycles. The van der Waals surface area contributed by atoms with Crippen LogP contribution in [-0.2, 0) is 18.8 Å². The zero-order valence-corrected chi connectivity index (χ0v) is 14.8. The molecule has 2 unspecified atom stereocenters. The number of hydrogen-bond acceptors (Lipinski definition) is 2. The molecule has 0 heterocycles. The quantitative estimate of drug-likeness (QED) is 0.488. The number of thiocarbonyl (C=S) groups is 1. The number of rotatable bonds is 2. The molecule has 0 saturated carbocycles. The van der Waals surface area contributed by atoms with Gasteiger partial charge >= 0.3 is 12.4 Å². The molecule has 3 N–H and O–H groups in total. The molecule has 2 atom stereocenters. The summed E-state index contributed by atoms with van der Waals surface area (Å²) in [5, 5.41) is 15.1. The smallest absolute Gasteiger partial charge is 0.390 e. The Bertz CT molecular complexity index is 864. The molecule has 1 aliphatic rings. The first-order chi connectivity index (χ1) is 12.9. The Labute approximate surface area is 161 Å². The minimum atomic E-state index is -4.95. The number of fused-ring (bicyclic) bond motifs is 1. The van der Waals surface area contributed by atoms with Crippen LogP contribution in [-0.4, -0.2) is 16.3 Å². The number of alkyl halides is 6. The Kier molecular flexibility index (Phi) is 5.28. The van der Waals surface area contributed by atoms with Gasteiger partial charge in [-0.2, -0.15) is 26.3 Å². The number of nitrogens with one attached hydrogen (secondary N) is 2. The van der Waals surface area contributed by atoms with E-state index in [4.69, 9.17) is 12.2 Å². The molecule has 0 radical (unpaired) electrons. The fraction of sp³-hybridized carbons (Fsp3) is 0.278. The SMILES string of the molecule is OC1Cc2ccccc2C1NC(=S)Nc1cc(C(F)(F)F)cc(C(F)(F)F)c1. The molecule has 0 amide bonds. The fourth-order valence-corrected chi connectivity index (χ4v) is 3.33. The van der Waals surface area contributed by atoms with Crippen molar-refractivity contribution in [3.63, 3.8) is 0 Å². The third-order valence-corrected chi connectivity index (χ3v) is 4.56. The van der Waals surface area contributed by atoms with Gasteiger partial charge in [0, 0.05) is 12.1 Å². The molecule has 0 aliphatic heterocycles. The van der Waals surface area contributed by atoms with E-state index < -0.39 is 41.3 Å². The second kappa shape index (κ2) is 7.25. The van der Waals surface area contributed by atoms with E-state index in [0.29, 0.717) is 18.6 Å². The van der Waals surface area contributed by atoms with Crippen molar-refractivity contribution < 1.29 is 31.4 Å². The summed E-state index contributed by atoms with van der Waals surface area (Å²) in [6.45, 7) is 0. The molecule has 1 aliphatic carbocycles. The lowest BCUT2D eigenvalue weighted by molar-refractivity contribution is -0.143. The Hall–Kier alpha value is -2.33. The van der Waals surface area contributed by atoms with E-state index in [0.717, 1.165) is 11.1 Å². The molecule has 28 heavy (non-hydrogen) atoms. The van der Waals surface area contributed by atoms with E-state index in [1.807, 2.05) is 6.07 Å². The van der Waals surface area contributed by atoms with Crippen LogP contribution in [0.15, 0.2) is 42.5 Å². The van der Waals surface area contributed by atoms with Crippen LogP contribution in [0.25, 0.3) is 0 Å². The molecule has 10 heteroatoms. The molecule has 3 rings (SSSR count). The number of benzene rings is 2. The summed E-state index contributed by atoms with van der Waals surface area (Å²) in [4.78, 5) is 0. The van der Waals surface area contributed by atoms with Gasteiger partial charge in [-0.25, -0.2) is 0 Å². The van der Waals surface area contributed by atoms with E-state index in [1.54, 1.807) is 18.2 Å². The highest BCUT2D eigenvalue weighted by atomic mass is 32.1. The molecular formula is C18H14F6N2OS. The minimum Gasteiger partial charge on any atom is -0.390 e. The normalized spacial score (nSPS) is 19.2. The van der Waals surface area contributed by atoms with Crippen molar-refractivity contribution in [1.82, 2.24) is 5.32 Å². The standard InChI is InChI=1S/C18H14F6N2OS/c19-17(20,21)10-6-11(18(22,23)24)8-12(7-10)25-16(28)26-15-13-4-2-1-3-9(13)5-14(15)27/h1-4,6-8,14-15,27H,5H2,(H2,25,26,28). The first kappa shape index (κ1) is 20.4. The van der Waals surface area contributed by atoms with E-state index in [1.165, 1.54) is 0 Å². The summed E-state index contributed by atoms with van der Waals surface area (Å²) in [5.74, 6) is 0. The van der Waals surface area contributed by atoms with Crippen LogP contribution in [0.3, 0.4) is 0 Å². The average molecular weight is 420 g/mol. The number of hydrogen-bond donors (Lipinski definition) is 3. The molecule has 2 aromatic carbocycles. The summed E-state index contributed by atoms with van der Waals surface area (Å²) in [5.41, 5.74) is -1.70. The molecule has 2 aromatic rings. The maximum atomic E-state index is 12.9. The van der Waals surface area contributed by atoms with Gasteiger partial charge in [-0.05, 0) is 41.5 Å². The van der Waals surface area contributed by atoms with Crippen LogP contribution in [0.5, 0.6) is 0 Å². The molecule has 3 nitrogen and oxygen atoms in total. The summed E-state index contributed by atoms with van der Waals surface area (Å²) in [6.07, 6.45) is -10.4. The Morgan fingerprint density at radius 2 is 1.54 bits per heavy atom. The van der Waals surface area contributed by atoms with E-state index in [2.05, 4.69) is 10.6 Å². The molecule has 0 bridgehead atoms. The highest BCUT2D eigenvalue weighted by Crippen LogP contribution is 2.37. The topological polar surface area (TPSA) is 44.3 Å². The van der Waals surface area contributed by atoms with Gasteiger partial charge in [0.2, 0.25) is 0 Å². The van der Waals surface area contributed by atoms with Crippen LogP contribution >= 0.6 is 12.2 Å². The maximum absolute atomic E-state index is 12.9. The number of aliphatic hydroxyl groups is 1. The lowest BCUT2D eigenvalue weighted by Crippen LogP contribution is -2.36. The lowest BCUT2D eigenvalue weighted by Gasteiger charge is -2.21. The van der Waals surface area contributed by atoms with Crippen LogP contribution in [0, 0.1) is 0 Å². The summed E-state index contributed by atoms with van der Waals surface area (Å²) in [6, 6.07) is 7.64. The van der Waals surface area contributed by atoms with Crippen LogP contribution in [0.4, 0.5) is 32.0 Å². The van der Waals surface area contributed by atoms with Crippen molar-refractivity contribution in [3.8, 4) is 0 Å². The van der Waals surface area contributed by atoms with Gasteiger partial charge in [0.1, 0.15) is 0 Å². The lowest BCUT2D eigenvalue weighted by atomic mass is 10.1. The highest BCUT2D eigenvalue weighted by molar-refractivity contribution is 7.80. The zero-order valence-electron chi connectivity index (χ0n) is 14.0. The molecule has 0 fully saturated rings. The van der Waals surface area contributed by atoms with E-state index in [9.17, 15) is 31.4 Å². The second-order valence-corrected chi connectivity index (χ2v) is 6.75. The molecule has 0 spiro atoms. The van der Waals surface area contributed by atoms with Gasteiger partial charge in [-0.15, -0.1) is 0 Å². The van der Waals surface area contributed by atoms with Crippen molar-refractivity contribution in [2.75, 3.05) is 5.32 Å². The van der Waals surface area contributed by atoms with Gasteiger partial charge in [0.15, 0.2) is 5.11 Å². The fourth-order valence-electron chi connectivity index (χ4n) is 3.08. The average Bonchev–Trinajstić information content (AvgIpc) is 2.88. The third kappa shape index (κ3) is 4.39. The molecular weight excluding hydrogens is 406 g/mol. The van der Waals surface area contributed by atoms with Crippen LogP contribution < -0.4 is 10.6 Å². The van der Waals surface area contributed by atoms with Gasteiger partial charge < -0.3 is 15.7 Å². The minimum absolute atomic E-state index is 0.0403. The Balaban J connectivity index is 1.82. The molecule has 0 saturated heterocycles.